The van der Waals surface area contributed by atoms with Crippen LogP contribution in [-0.2, 0) is 11.2 Å². The second-order valence-corrected chi connectivity index (χ2v) is 6.90. The van der Waals surface area contributed by atoms with E-state index in [4.69, 9.17) is 0 Å². The van der Waals surface area contributed by atoms with Gasteiger partial charge in [0.05, 0.1) is 0 Å². The van der Waals surface area contributed by atoms with E-state index in [2.05, 4.69) is 49.1 Å². The SMILES string of the molecule is CCCCCCC/C=C/C(=O)N1CCN(c2ccccc2CC)CC1. The number of carbonyl (C=O) groups is 1. The largest absolute Gasteiger partial charge is 0.368 e. The number of nitrogens with zero attached hydrogens (tertiary/aromatic N) is 2. The van der Waals surface area contributed by atoms with E-state index >= 15 is 0 Å². The highest BCUT2D eigenvalue weighted by Gasteiger charge is 2.20. The van der Waals surface area contributed by atoms with Crippen molar-refractivity contribution in [2.24, 2.45) is 0 Å². The molecule has 1 aromatic carbocycles. The average Bonchev–Trinajstić information content (AvgIpc) is 2.67. The molecule has 1 aliphatic heterocycles. The third kappa shape index (κ3) is 6.22. The molecule has 1 aromatic rings. The summed E-state index contributed by atoms with van der Waals surface area (Å²) in [6.45, 7) is 7.92. The van der Waals surface area contributed by atoms with Crippen LogP contribution in [0.3, 0.4) is 0 Å². The molecule has 138 valence electrons. The molecule has 0 bridgehead atoms. The lowest BCUT2D eigenvalue weighted by Gasteiger charge is -2.36. The first-order valence-electron chi connectivity index (χ1n) is 10.0. The van der Waals surface area contributed by atoms with Crippen LogP contribution in [0.2, 0.25) is 0 Å². The minimum atomic E-state index is 0.178. The molecule has 0 N–H and O–H groups in total. The molecular weight excluding hydrogens is 308 g/mol. The summed E-state index contributed by atoms with van der Waals surface area (Å²) in [6.07, 6.45) is 12.3. The molecule has 0 radical (unpaired) electrons. The number of aryl methyl sites for hydroxylation is 1. The van der Waals surface area contributed by atoms with Gasteiger partial charge in [0.1, 0.15) is 0 Å². The smallest absolute Gasteiger partial charge is 0.246 e. The number of anilines is 1. The number of unbranched alkanes of at least 4 members (excludes halogenated alkanes) is 5. The van der Waals surface area contributed by atoms with E-state index in [1.54, 1.807) is 6.08 Å². The molecule has 0 atom stereocenters. The van der Waals surface area contributed by atoms with Gasteiger partial charge < -0.3 is 9.80 Å². The molecular formula is C22H34N2O. The standard InChI is InChI=1S/C22H34N2O/c1-3-5-6-7-8-9-10-15-22(25)24-18-16-23(17-19-24)21-14-12-11-13-20(21)4-2/h10-15H,3-9,16-19H2,1-2H3/b15-10+. The summed E-state index contributed by atoms with van der Waals surface area (Å²) in [6, 6.07) is 8.62. The van der Waals surface area contributed by atoms with Gasteiger partial charge in [0.25, 0.3) is 0 Å². The molecule has 0 aliphatic carbocycles. The molecule has 25 heavy (non-hydrogen) atoms. The van der Waals surface area contributed by atoms with Crippen molar-refractivity contribution in [3.8, 4) is 0 Å². The van der Waals surface area contributed by atoms with E-state index in [1.165, 1.54) is 43.4 Å². The lowest BCUT2D eigenvalue weighted by molar-refractivity contribution is -0.126. The van der Waals surface area contributed by atoms with Gasteiger partial charge >= 0.3 is 0 Å². The fraction of sp³-hybridized carbons (Fsp3) is 0.591. The predicted molar refractivity (Wildman–Crippen MR) is 107 cm³/mol. The number of piperazine rings is 1. The van der Waals surface area contributed by atoms with Gasteiger partial charge in [0, 0.05) is 31.9 Å². The summed E-state index contributed by atoms with van der Waals surface area (Å²) in [5, 5.41) is 0. The molecule has 1 amide bonds. The highest BCUT2D eigenvalue weighted by molar-refractivity contribution is 5.87. The molecule has 0 spiro atoms. The van der Waals surface area contributed by atoms with Gasteiger partial charge in [0.15, 0.2) is 0 Å². The number of para-hydroxylation sites is 1. The van der Waals surface area contributed by atoms with Gasteiger partial charge in [-0.1, -0.05) is 63.8 Å². The van der Waals surface area contributed by atoms with Crippen molar-refractivity contribution >= 4 is 11.6 Å². The van der Waals surface area contributed by atoms with Crippen LogP contribution in [0.1, 0.15) is 57.9 Å². The lowest BCUT2D eigenvalue weighted by atomic mass is 10.1. The molecule has 0 unspecified atom stereocenters. The van der Waals surface area contributed by atoms with Gasteiger partial charge in [-0.25, -0.2) is 0 Å². The Labute approximate surface area is 153 Å². The van der Waals surface area contributed by atoms with Gasteiger partial charge in [0.2, 0.25) is 5.91 Å². The fourth-order valence-electron chi connectivity index (χ4n) is 3.44. The summed E-state index contributed by atoms with van der Waals surface area (Å²) in [7, 11) is 0. The third-order valence-electron chi connectivity index (χ3n) is 5.04. The van der Waals surface area contributed by atoms with Crippen LogP contribution in [0.4, 0.5) is 5.69 Å². The Morgan fingerprint density at radius 2 is 1.72 bits per heavy atom. The Morgan fingerprint density at radius 1 is 1.00 bits per heavy atom. The van der Waals surface area contributed by atoms with Crippen molar-refractivity contribution in [3.63, 3.8) is 0 Å². The van der Waals surface area contributed by atoms with Crippen LogP contribution < -0.4 is 4.90 Å². The predicted octanol–water partition coefficient (Wildman–Crippen LogP) is 4.81. The van der Waals surface area contributed by atoms with Gasteiger partial charge in [-0.2, -0.15) is 0 Å². The highest BCUT2D eigenvalue weighted by Crippen LogP contribution is 2.22. The van der Waals surface area contributed by atoms with Crippen LogP contribution in [0.25, 0.3) is 0 Å². The summed E-state index contributed by atoms with van der Waals surface area (Å²) in [4.78, 5) is 16.7. The number of benzene rings is 1. The maximum atomic E-state index is 12.3. The monoisotopic (exact) mass is 342 g/mol. The first-order chi connectivity index (χ1) is 12.3. The minimum Gasteiger partial charge on any atom is -0.368 e. The molecule has 3 heteroatoms. The minimum absolute atomic E-state index is 0.178. The van der Waals surface area contributed by atoms with Gasteiger partial charge in [-0.05, 0) is 37.0 Å². The molecule has 1 heterocycles. The lowest BCUT2D eigenvalue weighted by Crippen LogP contribution is -2.48. The topological polar surface area (TPSA) is 23.6 Å². The normalized spacial score (nSPS) is 15.1. The van der Waals surface area contributed by atoms with Gasteiger partial charge in [-0.15, -0.1) is 0 Å². The van der Waals surface area contributed by atoms with Crippen molar-refractivity contribution in [1.82, 2.24) is 4.90 Å². The van der Waals surface area contributed by atoms with E-state index in [1.807, 2.05) is 4.90 Å². The summed E-state index contributed by atoms with van der Waals surface area (Å²) in [5.74, 6) is 0.178. The molecule has 1 aliphatic rings. The summed E-state index contributed by atoms with van der Waals surface area (Å²) < 4.78 is 0. The number of rotatable bonds is 9. The zero-order valence-corrected chi connectivity index (χ0v) is 16.0. The first-order valence-corrected chi connectivity index (χ1v) is 10.0. The number of amides is 1. The van der Waals surface area contributed by atoms with E-state index in [0.717, 1.165) is 39.0 Å². The van der Waals surface area contributed by atoms with Crippen LogP contribution in [-0.4, -0.2) is 37.0 Å². The fourth-order valence-corrected chi connectivity index (χ4v) is 3.44. The second kappa shape index (κ2) is 11.0. The molecule has 2 rings (SSSR count). The van der Waals surface area contributed by atoms with Crippen LogP contribution in [0, 0.1) is 0 Å². The maximum absolute atomic E-state index is 12.3. The number of hydrogen-bond donors (Lipinski definition) is 0. The number of hydrogen-bond acceptors (Lipinski definition) is 2. The second-order valence-electron chi connectivity index (χ2n) is 6.90. The Morgan fingerprint density at radius 3 is 2.44 bits per heavy atom. The zero-order chi connectivity index (χ0) is 17.9. The quantitative estimate of drug-likeness (QED) is 0.475. The van der Waals surface area contributed by atoms with E-state index in [-0.39, 0.29) is 5.91 Å². The summed E-state index contributed by atoms with van der Waals surface area (Å²) in [5.41, 5.74) is 2.73. The highest BCUT2D eigenvalue weighted by atomic mass is 16.2. The summed E-state index contributed by atoms with van der Waals surface area (Å²) >= 11 is 0. The number of allylic oxidation sites excluding steroid dienone is 1. The van der Waals surface area contributed by atoms with Crippen molar-refractivity contribution in [3.05, 3.63) is 42.0 Å². The van der Waals surface area contributed by atoms with Crippen molar-refractivity contribution in [2.75, 3.05) is 31.1 Å². The molecule has 0 aromatic heterocycles. The Bertz CT molecular complexity index is 545. The van der Waals surface area contributed by atoms with Crippen LogP contribution in [0.5, 0.6) is 0 Å². The third-order valence-corrected chi connectivity index (χ3v) is 5.04. The van der Waals surface area contributed by atoms with Gasteiger partial charge in [-0.3, -0.25) is 4.79 Å². The molecule has 3 nitrogen and oxygen atoms in total. The van der Waals surface area contributed by atoms with E-state index in [0.29, 0.717) is 0 Å². The van der Waals surface area contributed by atoms with Crippen molar-refractivity contribution in [1.29, 1.82) is 0 Å². The molecule has 1 fully saturated rings. The van der Waals surface area contributed by atoms with E-state index < -0.39 is 0 Å². The van der Waals surface area contributed by atoms with Crippen molar-refractivity contribution < 1.29 is 4.79 Å². The Kier molecular flexibility index (Phi) is 8.58. The molecule has 1 saturated heterocycles. The average molecular weight is 343 g/mol. The number of carbonyl (C=O) groups excluding carboxylic acids is 1. The zero-order valence-electron chi connectivity index (χ0n) is 16.0. The van der Waals surface area contributed by atoms with E-state index in [9.17, 15) is 4.79 Å². The van der Waals surface area contributed by atoms with Crippen molar-refractivity contribution in [2.45, 2.75) is 58.8 Å². The Hall–Kier alpha value is -1.77. The van der Waals surface area contributed by atoms with Crippen LogP contribution >= 0.6 is 0 Å². The first kappa shape index (κ1) is 19.6. The van der Waals surface area contributed by atoms with Crippen LogP contribution in [0.15, 0.2) is 36.4 Å². The Balaban J connectivity index is 1.73. The maximum Gasteiger partial charge on any atom is 0.246 e. The molecule has 0 saturated carbocycles.